The van der Waals surface area contributed by atoms with Crippen LogP contribution in [0, 0.1) is 11.3 Å². The largest absolute Gasteiger partial charge is 0.396 e. The third-order valence-electron chi connectivity index (χ3n) is 11.4. The first-order valence-electron chi connectivity index (χ1n) is 16.9. The monoisotopic (exact) mass is 719 g/mol. The Bertz CT molecular complexity index is 2040. The van der Waals surface area contributed by atoms with Crippen LogP contribution in [0.25, 0.3) is 22.0 Å². The summed E-state index contributed by atoms with van der Waals surface area (Å²) in [5.41, 5.74) is 5.39. The molecule has 5 aliphatic rings. The van der Waals surface area contributed by atoms with Gasteiger partial charge in [-0.1, -0.05) is 47.5 Å². The Labute approximate surface area is 297 Å². The third kappa shape index (κ3) is 5.31. The number of anilines is 1. The van der Waals surface area contributed by atoms with E-state index in [9.17, 15) is 14.3 Å². The molecule has 2 atom stereocenters. The highest BCUT2D eigenvalue weighted by Crippen LogP contribution is 2.73. The van der Waals surface area contributed by atoms with Gasteiger partial charge in [-0.2, -0.15) is 5.10 Å². The number of alkyl halides is 1. The zero-order valence-corrected chi connectivity index (χ0v) is 29.1. The maximum Gasteiger partial charge on any atom is 0.257 e. The number of aliphatic hydroxyl groups is 1. The molecule has 3 aromatic heterocycles. The molecule has 9 nitrogen and oxygen atoms in total. The summed E-state index contributed by atoms with van der Waals surface area (Å²) in [6.07, 6.45) is 9.95. The van der Waals surface area contributed by atoms with Crippen molar-refractivity contribution in [2.45, 2.75) is 62.7 Å². The summed E-state index contributed by atoms with van der Waals surface area (Å²) >= 11 is 15.3. The van der Waals surface area contributed by atoms with Crippen molar-refractivity contribution < 1.29 is 14.3 Å². The molecule has 13 heteroatoms. The summed E-state index contributed by atoms with van der Waals surface area (Å²) in [5.74, 6) is 0.0810. The van der Waals surface area contributed by atoms with Gasteiger partial charge >= 0.3 is 0 Å². The van der Waals surface area contributed by atoms with E-state index in [4.69, 9.17) is 28.3 Å². The van der Waals surface area contributed by atoms with Gasteiger partial charge < -0.3 is 14.6 Å². The minimum atomic E-state index is -1.04. The van der Waals surface area contributed by atoms with Gasteiger partial charge in [0, 0.05) is 54.0 Å². The Morgan fingerprint density at radius 2 is 1.92 bits per heavy atom. The SMILES string of the molecule is O=C(Nc1nccs1)[C@@H](c1ncn2c1C[C@@H](F)C2)n1cc2c(Cl)cc(-c3ccc(C45CC(CN6CCC(CO)CC6)(C4)C5)cc3)c(Cl)c2n1. The summed E-state index contributed by atoms with van der Waals surface area (Å²) in [6.45, 7) is 3.91. The van der Waals surface area contributed by atoms with Crippen molar-refractivity contribution in [2.75, 3.05) is 31.6 Å². The number of carbonyl (C=O) groups excluding carboxylic acids is 1. The van der Waals surface area contributed by atoms with Crippen molar-refractivity contribution in [1.29, 1.82) is 0 Å². The summed E-state index contributed by atoms with van der Waals surface area (Å²) in [7, 11) is 0. The molecule has 49 heavy (non-hydrogen) atoms. The van der Waals surface area contributed by atoms with E-state index in [1.165, 1.54) is 47.4 Å². The number of nitrogens with zero attached hydrogens (tertiary/aromatic N) is 6. The second kappa shape index (κ2) is 11.9. The molecule has 5 heterocycles. The van der Waals surface area contributed by atoms with Crippen molar-refractivity contribution in [3.05, 3.63) is 81.4 Å². The molecule has 0 spiro atoms. The molecule has 2 N–H and O–H groups in total. The van der Waals surface area contributed by atoms with Crippen molar-refractivity contribution in [2.24, 2.45) is 11.3 Å². The van der Waals surface area contributed by atoms with Crippen LogP contribution in [0.15, 0.2) is 54.4 Å². The second-order valence-corrected chi connectivity index (χ2v) is 16.3. The third-order valence-corrected chi connectivity index (χ3v) is 12.8. The number of aliphatic hydroxyl groups excluding tert-OH is 1. The molecular weight excluding hydrogens is 684 g/mol. The maximum atomic E-state index is 14.4. The number of thiazole rings is 1. The first kappa shape index (κ1) is 31.6. The van der Waals surface area contributed by atoms with Gasteiger partial charge in [0.05, 0.1) is 28.6 Å². The van der Waals surface area contributed by atoms with Gasteiger partial charge in [-0.3, -0.25) is 14.8 Å². The lowest BCUT2D eigenvalue weighted by Crippen LogP contribution is -2.68. The van der Waals surface area contributed by atoms with Gasteiger partial charge in [-0.25, -0.2) is 14.4 Å². The minimum Gasteiger partial charge on any atom is -0.396 e. The predicted molar refractivity (Wildman–Crippen MR) is 189 cm³/mol. The van der Waals surface area contributed by atoms with Crippen LogP contribution in [0.5, 0.6) is 0 Å². The fourth-order valence-corrected chi connectivity index (χ4v) is 10.2. The molecular formula is C36H36Cl2FN7O2S. The molecule has 0 radical (unpaired) electrons. The van der Waals surface area contributed by atoms with E-state index < -0.39 is 18.1 Å². The Balaban J connectivity index is 0.973. The first-order valence-corrected chi connectivity index (χ1v) is 18.6. The van der Waals surface area contributed by atoms with Crippen LogP contribution in [-0.2, 0) is 23.2 Å². The molecule has 254 valence electrons. The standard InChI is InChI=1S/C36H36Cl2FN7O2S/c37-27-12-25(22-1-3-23(4-2-22)36-16-35(17-36,18-36)19-44-8-5-21(15-47)6-9-44)29(38)30-26(27)14-46(43-30)32(33(48)42-34-40-7-10-49-34)31-28-11-24(39)13-45(28)20-41-31/h1-4,7,10,12,14,20-21,24,32,47H,5-6,8-9,11,13,15-19H2,(H,40,42,48)/t24-,32-,35?,36?/m1/s1. The lowest BCUT2D eigenvalue weighted by atomic mass is 9.33. The Morgan fingerprint density at radius 3 is 2.63 bits per heavy atom. The Kier molecular flexibility index (Phi) is 7.66. The molecule has 3 aliphatic carbocycles. The number of halogens is 3. The minimum absolute atomic E-state index is 0.172. The summed E-state index contributed by atoms with van der Waals surface area (Å²) < 4.78 is 17.7. The van der Waals surface area contributed by atoms with Crippen LogP contribution in [0.2, 0.25) is 10.0 Å². The molecule has 0 unspecified atom stereocenters. The second-order valence-electron chi connectivity index (χ2n) is 14.6. The number of benzene rings is 2. The molecule has 2 bridgehead atoms. The number of hydrogen-bond donors (Lipinski definition) is 2. The summed E-state index contributed by atoms with van der Waals surface area (Å²) in [4.78, 5) is 25.1. The molecule has 10 rings (SSSR count). The molecule has 3 saturated carbocycles. The van der Waals surface area contributed by atoms with Gasteiger partial charge in [-0.15, -0.1) is 11.3 Å². The van der Waals surface area contributed by atoms with Crippen LogP contribution in [0.1, 0.15) is 55.1 Å². The molecule has 2 aliphatic heterocycles. The van der Waals surface area contributed by atoms with Crippen molar-refractivity contribution in [3.63, 3.8) is 0 Å². The normalized spacial score (nSPS) is 25.6. The lowest BCUT2D eigenvalue weighted by molar-refractivity contribution is -0.158. The number of likely N-dealkylation sites (tertiary alicyclic amines) is 1. The zero-order chi connectivity index (χ0) is 33.5. The number of nitrogens with one attached hydrogen (secondary N) is 1. The fourth-order valence-electron chi connectivity index (χ4n) is 9.09. The fraction of sp³-hybridized carbons (Fsp3) is 0.444. The van der Waals surface area contributed by atoms with Crippen molar-refractivity contribution in [1.82, 2.24) is 29.2 Å². The Morgan fingerprint density at radius 1 is 1.14 bits per heavy atom. The van der Waals surface area contributed by atoms with Gasteiger partial charge in [0.2, 0.25) is 0 Å². The molecule has 5 aromatic rings. The number of carbonyl (C=O) groups is 1. The topological polar surface area (TPSA) is 101 Å². The van der Waals surface area contributed by atoms with E-state index in [1.54, 1.807) is 28.7 Å². The predicted octanol–water partition coefficient (Wildman–Crippen LogP) is 6.91. The number of fused-ring (bicyclic) bond motifs is 2. The van der Waals surface area contributed by atoms with Crippen molar-refractivity contribution in [3.8, 4) is 11.1 Å². The van der Waals surface area contributed by atoms with E-state index in [-0.39, 0.29) is 18.4 Å². The molecule has 4 fully saturated rings. The van der Waals surface area contributed by atoms with Gasteiger partial charge in [0.15, 0.2) is 11.2 Å². The average molecular weight is 721 g/mol. The number of aromatic nitrogens is 5. The highest BCUT2D eigenvalue weighted by molar-refractivity contribution is 7.13. The lowest BCUT2D eigenvalue weighted by Gasteiger charge is -2.72. The highest BCUT2D eigenvalue weighted by atomic mass is 35.5. The van der Waals surface area contributed by atoms with Gasteiger partial charge in [0.1, 0.15) is 11.7 Å². The van der Waals surface area contributed by atoms with Crippen LogP contribution in [0.3, 0.4) is 0 Å². The van der Waals surface area contributed by atoms with E-state index in [0.29, 0.717) is 55.4 Å². The number of amides is 1. The smallest absolute Gasteiger partial charge is 0.257 e. The number of imidazole rings is 1. The van der Waals surface area contributed by atoms with Gasteiger partial charge in [0.25, 0.3) is 5.91 Å². The molecule has 2 aromatic carbocycles. The van der Waals surface area contributed by atoms with Crippen LogP contribution < -0.4 is 5.32 Å². The average Bonchev–Trinajstić information content (AvgIpc) is 3.88. The Hall–Kier alpha value is -3.35. The van der Waals surface area contributed by atoms with Crippen LogP contribution in [-0.4, -0.2) is 72.6 Å². The summed E-state index contributed by atoms with van der Waals surface area (Å²) in [5, 5.41) is 20.9. The molecule has 1 amide bonds. The first-order chi connectivity index (χ1) is 23.7. The van der Waals surface area contributed by atoms with Gasteiger partial charge in [-0.05, 0) is 79.1 Å². The van der Waals surface area contributed by atoms with Crippen molar-refractivity contribution >= 4 is 56.5 Å². The highest BCUT2D eigenvalue weighted by Gasteiger charge is 2.68. The molecule has 1 saturated heterocycles. The summed E-state index contributed by atoms with van der Waals surface area (Å²) in [6, 6.07) is 9.57. The zero-order valence-electron chi connectivity index (χ0n) is 26.8. The van der Waals surface area contributed by atoms with E-state index in [2.05, 4.69) is 44.5 Å². The van der Waals surface area contributed by atoms with E-state index >= 15 is 0 Å². The number of piperidine rings is 1. The van der Waals surface area contributed by atoms with E-state index in [0.717, 1.165) is 37.1 Å². The van der Waals surface area contributed by atoms with Crippen LogP contribution in [0.4, 0.5) is 9.52 Å². The van der Waals surface area contributed by atoms with Crippen LogP contribution >= 0.6 is 34.5 Å². The number of rotatable bonds is 9. The van der Waals surface area contributed by atoms with E-state index in [1.807, 2.05) is 6.07 Å². The number of hydrogen-bond acceptors (Lipinski definition) is 7. The maximum absolute atomic E-state index is 14.4. The quantitative estimate of drug-likeness (QED) is 0.172.